The topological polar surface area (TPSA) is 74.3 Å². The predicted octanol–water partition coefficient (Wildman–Crippen LogP) is 3.41. The maximum absolute atomic E-state index is 12.1. The van der Waals surface area contributed by atoms with Crippen LogP contribution in [-0.2, 0) is 35.1 Å². The summed E-state index contributed by atoms with van der Waals surface area (Å²) >= 11 is 0. The van der Waals surface area contributed by atoms with Crippen LogP contribution < -0.4 is 0 Å². The van der Waals surface area contributed by atoms with Crippen LogP contribution in [0, 0.1) is 6.92 Å². The Morgan fingerprint density at radius 1 is 0.818 bits per heavy atom. The number of hydrogen-bond acceptors (Lipinski definition) is 7. The van der Waals surface area contributed by atoms with E-state index in [1.165, 1.54) is 17.7 Å². The zero-order valence-corrected chi connectivity index (χ0v) is 20.2. The molecule has 1 fully saturated rings. The van der Waals surface area contributed by atoms with Crippen molar-refractivity contribution in [2.24, 2.45) is 0 Å². The van der Waals surface area contributed by atoms with Gasteiger partial charge in [0.15, 0.2) is 0 Å². The van der Waals surface area contributed by atoms with Crippen molar-refractivity contribution in [2.45, 2.75) is 37.3 Å². The Kier molecular flexibility index (Phi) is 10.8. The monoisotopic (exact) mass is 477 g/mol. The van der Waals surface area contributed by atoms with E-state index in [1.54, 1.807) is 12.1 Å². The van der Waals surface area contributed by atoms with Crippen LogP contribution in [0.2, 0.25) is 0 Å². The molecule has 1 saturated heterocycles. The largest absolute Gasteiger partial charge is 0.377 e. The first kappa shape index (κ1) is 25.8. The summed E-state index contributed by atoms with van der Waals surface area (Å²) in [5, 5.41) is 0. The van der Waals surface area contributed by atoms with Gasteiger partial charge in [-0.15, -0.1) is 0 Å². The second-order valence-electron chi connectivity index (χ2n) is 8.15. The maximum Gasteiger partial charge on any atom is 0.297 e. The van der Waals surface area contributed by atoms with Crippen LogP contribution in [0.3, 0.4) is 0 Å². The summed E-state index contributed by atoms with van der Waals surface area (Å²) in [6.45, 7) is 7.07. The van der Waals surface area contributed by atoms with Gasteiger partial charge in [0.2, 0.25) is 0 Å². The van der Waals surface area contributed by atoms with Crippen molar-refractivity contribution < 1.29 is 26.8 Å². The number of aryl methyl sites for hydroxylation is 1. The third-order valence-corrected chi connectivity index (χ3v) is 6.84. The van der Waals surface area contributed by atoms with Gasteiger partial charge in [-0.25, -0.2) is 0 Å². The molecule has 3 rings (SSSR count). The minimum absolute atomic E-state index is 0.0255. The average Bonchev–Trinajstić information content (AvgIpc) is 2.82. The molecule has 0 atom stereocenters. The summed E-state index contributed by atoms with van der Waals surface area (Å²) in [7, 11) is -3.74. The van der Waals surface area contributed by atoms with Gasteiger partial charge in [-0.1, -0.05) is 48.0 Å². The third-order valence-electron chi connectivity index (χ3n) is 5.51. The van der Waals surface area contributed by atoms with Crippen molar-refractivity contribution in [1.82, 2.24) is 4.90 Å². The molecule has 0 unspecified atom stereocenters. The van der Waals surface area contributed by atoms with Crippen molar-refractivity contribution in [3.63, 3.8) is 0 Å². The van der Waals surface area contributed by atoms with Gasteiger partial charge >= 0.3 is 0 Å². The lowest BCUT2D eigenvalue weighted by Gasteiger charge is -2.31. The molecule has 2 aromatic rings. The SMILES string of the molecule is Cc1ccc(S(=O)(=O)OCCOCCOCCOC2CCN(Cc3ccccc3)CC2)cc1. The van der Waals surface area contributed by atoms with E-state index in [0.717, 1.165) is 38.0 Å². The average molecular weight is 478 g/mol. The van der Waals surface area contributed by atoms with E-state index in [0.29, 0.717) is 32.5 Å². The van der Waals surface area contributed by atoms with Crippen molar-refractivity contribution in [3.8, 4) is 0 Å². The predicted molar refractivity (Wildman–Crippen MR) is 127 cm³/mol. The second-order valence-corrected chi connectivity index (χ2v) is 9.76. The van der Waals surface area contributed by atoms with E-state index >= 15 is 0 Å². The first-order valence-electron chi connectivity index (χ1n) is 11.5. The molecule has 33 heavy (non-hydrogen) atoms. The van der Waals surface area contributed by atoms with Crippen LogP contribution >= 0.6 is 0 Å². The van der Waals surface area contributed by atoms with Gasteiger partial charge in [-0.05, 0) is 37.5 Å². The first-order valence-corrected chi connectivity index (χ1v) is 12.9. The smallest absolute Gasteiger partial charge is 0.297 e. The molecule has 182 valence electrons. The van der Waals surface area contributed by atoms with Gasteiger partial charge in [0.05, 0.1) is 50.6 Å². The lowest BCUT2D eigenvalue weighted by atomic mass is 10.1. The van der Waals surface area contributed by atoms with Crippen LogP contribution in [0.5, 0.6) is 0 Å². The van der Waals surface area contributed by atoms with E-state index in [1.807, 2.05) is 13.0 Å². The van der Waals surface area contributed by atoms with Crippen molar-refractivity contribution in [1.29, 1.82) is 0 Å². The first-order chi connectivity index (χ1) is 16.0. The van der Waals surface area contributed by atoms with E-state index < -0.39 is 10.1 Å². The summed E-state index contributed by atoms with van der Waals surface area (Å²) in [5.74, 6) is 0. The zero-order valence-electron chi connectivity index (χ0n) is 19.4. The van der Waals surface area contributed by atoms with Crippen molar-refractivity contribution in [2.75, 3.05) is 52.7 Å². The minimum Gasteiger partial charge on any atom is -0.377 e. The summed E-state index contributed by atoms with van der Waals surface area (Å²) in [4.78, 5) is 2.62. The number of rotatable bonds is 14. The lowest BCUT2D eigenvalue weighted by molar-refractivity contribution is -0.0329. The highest BCUT2D eigenvalue weighted by molar-refractivity contribution is 7.86. The Labute approximate surface area is 197 Å². The van der Waals surface area contributed by atoms with Gasteiger partial charge in [0.1, 0.15) is 0 Å². The van der Waals surface area contributed by atoms with E-state index in [2.05, 4.69) is 29.2 Å². The molecule has 0 amide bonds. The molecule has 1 aliphatic heterocycles. The highest BCUT2D eigenvalue weighted by Crippen LogP contribution is 2.16. The van der Waals surface area contributed by atoms with Crippen LogP contribution in [0.1, 0.15) is 24.0 Å². The summed E-state index contributed by atoms with van der Waals surface area (Å²) in [5.41, 5.74) is 2.35. The molecule has 0 aliphatic carbocycles. The normalized spacial score (nSPS) is 15.7. The van der Waals surface area contributed by atoms with Gasteiger partial charge in [-0.3, -0.25) is 9.08 Å². The molecule has 1 heterocycles. The maximum atomic E-state index is 12.1. The number of ether oxygens (including phenoxy) is 3. The number of benzene rings is 2. The van der Waals surface area contributed by atoms with Gasteiger partial charge in [0.25, 0.3) is 10.1 Å². The molecule has 0 spiro atoms. The quantitative estimate of drug-likeness (QED) is 0.305. The Morgan fingerprint density at radius 2 is 1.42 bits per heavy atom. The number of likely N-dealkylation sites (tertiary alicyclic amines) is 1. The van der Waals surface area contributed by atoms with E-state index in [9.17, 15) is 8.42 Å². The van der Waals surface area contributed by atoms with Crippen molar-refractivity contribution in [3.05, 3.63) is 65.7 Å². The van der Waals surface area contributed by atoms with Crippen molar-refractivity contribution >= 4 is 10.1 Å². The van der Waals surface area contributed by atoms with Gasteiger partial charge in [0, 0.05) is 19.6 Å². The molecule has 2 aromatic carbocycles. The van der Waals surface area contributed by atoms with Gasteiger partial charge < -0.3 is 14.2 Å². The summed E-state index contributed by atoms with van der Waals surface area (Å²) < 4.78 is 46.0. The molecule has 0 saturated carbocycles. The molecule has 8 heteroatoms. The lowest BCUT2D eigenvalue weighted by Crippen LogP contribution is -2.37. The van der Waals surface area contributed by atoms with E-state index in [-0.39, 0.29) is 18.1 Å². The number of piperidine rings is 1. The Bertz CT molecular complexity index is 896. The minimum atomic E-state index is -3.74. The molecule has 0 aromatic heterocycles. The van der Waals surface area contributed by atoms with Crippen LogP contribution in [-0.4, -0.2) is 72.2 Å². The summed E-state index contributed by atoms with van der Waals surface area (Å²) in [6.07, 6.45) is 2.38. The number of nitrogens with zero attached hydrogens (tertiary/aromatic N) is 1. The standard InChI is InChI=1S/C25H35NO6S/c1-22-7-9-25(10-8-22)33(27,28)32-20-18-30-16-15-29-17-19-31-24-11-13-26(14-12-24)21-23-5-3-2-4-6-23/h2-10,24H,11-21H2,1H3. The fourth-order valence-electron chi connectivity index (χ4n) is 3.65. The highest BCUT2D eigenvalue weighted by atomic mass is 32.2. The Balaban J connectivity index is 1.14. The molecule has 0 N–H and O–H groups in total. The fourth-order valence-corrected chi connectivity index (χ4v) is 4.54. The second kappa shape index (κ2) is 13.8. The highest BCUT2D eigenvalue weighted by Gasteiger charge is 2.19. The third kappa shape index (κ3) is 9.52. The molecule has 1 aliphatic rings. The van der Waals surface area contributed by atoms with Crippen LogP contribution in [0.4, 0.5) is 0 Å². The van der Waals surface area contributed by atoms with Crippen LogP contribution in [0.15, 0.2) is 59.5 Å². The Morgan fingerprint density at radius 3 is 2.09 bits per heavy atom. The molecule has 0 radical (unpaired) electrons. The van der Waals surface area contributed by atoms with E-state index in [4.69, 9.17) is 18.4 Å². The molecule has 7 nitrogen and oxygen atoms in total. The zero-order chi connectivity index (χ0) is 23.4. The summed E-state index contributed by atoms with van der Waals surface area (Å²) in [6, 6.07) is 17.1. The van der Waals surface area contributed by atoms with Gasteiger partial charge in [-0.2, -0.15) is 8.42 Å². The molecule has 0 bridgehead atoms. The molecular formula is C25H35NO6S. The Hall–Kier alpha value is -1.81. The molecular weight excluding hydrogens is 442 g/mol. The number of hydrogen-bond donors (Lipinski definition) is 0. The van der Waals surface area contributed by atoms with Crippen LogP contribution in [0.25, 0.3) is 0 Å². The fraction of sp³-hybridized carbons (Fsp3) is 0.520.